The number of hydrogen-bond donors (Lipinski definition) is 1. The normalized spacial score (nSPS) is 32.5. The molecule has 170 valence electrons. The molecule has 2 fully saturated rings. The summed E-state index contributed by atoms with van der Waals surface area (Å²) in [4.78, 5) is 11.3. The molecule has 1 N–H and O–H groups in total. The first kappa shape index (κ1) is 21.9. The van der Waals surface area contributed by atoms with Crippen LogP contribution in [-0.2, 0) is 11.2 Å². The number of aliphatic hydroxyl groups is 1. The van der Waals surface area contributed by atoms with Crippen LogP contribution >= 0.6 is 0 Å². The van der Waals surface area contributed by atoms with Gasteiger partial charge < -0.3 is 9.84 Å². The van der Waals surface area contributed by atoms with Crippen LogP contribution in [-0.4, -0.2) is 16.7 Å². The summed E-state index contributed by atoms with van der Waals surface area (Å²) in [5.41, 5.74) is 3.44. The molecule has 33 heavy (non-hydrogen) atoms. The fourth-order valence-corrected chi connectivity index (χ4v) is 7.02. The molecule has 0 bridgehead atoms. The van der Waals surface area contributed by atoms with E-state index in [-0.39, 0.29) is 11.4 Å². The molecular weight excluding hydrogens is 410 g/mol. The molecule has 2 saturated carbocycles. The van der Waals surface area contributed by atoms with Crippen molar-refractivity contribution in [1.82, 2.24) is 0 Å². The van der Waals surface area contributed by atoms with Gasteiger partial charge in [0, 0.05) is 12.3 Å². The number of ether oxygens (including phenoxy) is 1. The van der Waals surface area contributed by atoms with Crippen LogP contribution in [0.4, 0.5) is 0 Å². The highest BCUT2D eigenvalue weighted by Crippen LogP contribution is 2.64. The molecule has 0 heterocycles. The highest BCUT2D eigenvalue weighted by molar-refractivity contribution is 5.69. The maximum atomic E-state index is 11.8. The Morgan fingerprint density at radius 1 is 1.15 bits per heavy atom. The van der Waals surface area contributed by atoms with Gasteiger partial charge in [-0.3, -0.25) is 4.79 Å². The van der Waals surface area contributed by atoms with Gasteiger partial charge in [-0.2, -0.15) is 5.26 Å². The Labute approximate surface area is 195 Å². The number of hydrogen-bond acceptors (Lipinski definition) is 4. The van der Waals surface area contributed by atoms with Crippen LogP contribution in [0.25, 0.3) is 6.08 Å². The minimum Gasteiger partial charge on any atom is -0.427 e. The molecule has 3 aliphatic carbocycles. The van der Waals surface area contributed by atoms with Crippen molar-refractivity contribution in [2.45, 2.75) is 63.9 Å². The summed E-state index contributed by atoms with van der Waals surface area (Å²) in [7, 11) is 0. The largest absolute Gasteiger partial charge is 0.427 e. The van der Waals surface area contributed by atoms with E-state index in [2.05, 4.69) is 19.1 Å². The number of carbonyl (C=O) groups excluding carboxylic acids is 1. The van der Waals surface area contributed by atoms with Crippen molar-refractivity contribution >= 4 is 12.0 Å². The zero-order valence-corrected chi connectivity index (χ0v) is 19.4. The molecule has 0 radical (unpaired) electrons. The molecule has 0 aromatic heterocycles. The van der Waals surface area contributed by atoms with E-state index < -0.39 is 5.60 Å². The third-order valence-electron chi connectivity index (χ3n) is 8.77. The maximum absolute atomic E-state index is 11.8. The lowest BCUT2D eigenvalue weighted by atomic mass is 9.53. The van der Waals surface area contributed by atoms with Crippen LogP contribution in [0.15, 0.2) is 48.5 Å². The number of nitriles is 1. The van der Waals surface area contributed by atoms with Gasteiger partial charge in [-0.15, -0.1) is 0 Å². The van der Waals surface area contributed by atoms with Gasteiger partial charge in [0.05, 0.1) is 17.2 Å². The summed E-state index contributed by atoms with van der Waals surface area (Å²) in [5.74, 6) is 1.95. The fourth-order valence-electron chi connectivity index (χ4n) is 7.02. The van der Waals surface area contributed by atoms with E-state index in [1.807, 2.05) is 48.6 Å². The number of esters is 1. The summed E-state index contributed by atoms with van der Waals surface area (Å²) in [6, 6.07) is 15.8. The number of aryl methyl sites for hydroxylation is 1. The first-order chi connectivity index (χ1) is 15.8. The Morgan fingerprint density at radius 2 is 1.94 bits per heavy atom. The maximum Gasteiger partial charge on any atom is 0.308 e. The highest BCUT2D eigenvalue weighted by Gasteiger charge is 2.60. The lowest BCUT2D eigenvalue weighted by molar-refractivity contribution is -0.131. The number of nitrogens with zero attached hydrogens (tertiary/aromatic N) is 1. The summed E-state index contributed by atoms with van der Waals surface area (Å²) >= 11 is 0. The van der Waals surface area contributed by atoms with Gasteiger partial charge in [0.15, 0.2) is 0 Å². The molecule has 0 amide bonds. The predicted octanol–water partition coefficient (Wildman–Crippen LogP) is 5.78. The van der Waals surface area contributed by atoms with E-state index in [9.17, 15) is 9.90 Å². The quantitative estimate of drug-likeness (QED) is 0.484. The Kier molecular flexibility index (Phi) is 5.41. The highest BCUT2D eigenvalue weighted by atomic mass is 16.5. The molecule has 4 heteroatoms. The van der Waals surface area contributed by atoms with Crippen LogP contribution in [0.2, 0.25) is 0 Å². The lowest BCUT2D eigenvalue weighted by Crippen LogP contribution is -2.49. The molecular formula is C29H31NO3. The van der Waals surface area contributed by atoms with Gasteiger partial charge in [-0.1, -0.05) is 37.3 Å². The molecule has 4 nitrogen and oxygen atoms in total. The number of fused-ring (bicyclic) bond motifs is 5. The Morgan fingerprint density at radius 3 is 2.67 bits per heavy atom. The minimum absolute atomic E-state index is 0.132. The standard InChI is InChI=1S/C29H31NO3/c1-19(31)33-23-8-10-24-22(17-23)7-9-26-25(24)12-14-28(2)27(26)13-16-29(28,32)15-11-20-3-5-21(18-30)6-4-20/h3-6,8,10-11,15,17,25-27,32H,7,9,12-14,16H2,1-2H3/b15-11-/t25-,26-,27+,28+,29+/m1/s1. The smallest absolute Gasteiger partial charge is 0.308 e. The minimum atomic E-state index is -0.810. The zero-order chi connectivity index (χ0) is 23.2. The van der Waals surface area contributed by atoms with E-state index in [4.69, 9.17) is 10.00 Å². The van der Waals surface area contributed by atoms with Crippen LogP contribution < -0.4 is 4.74 Å². The third kappa shape index (κ3) is 3.69. The second-order valence-corrected chi connectivity index (χ2v) is 10.4. The SMILES string of the molecule is CC(=O)Oc1ccc2c(c1)CC[C@@H]1[C@@H]2CC[C@@]2(C)[C@H]1CC[C@@]2(O)/C=C\c1ccc(C#N)cc1. The molecule has 0 aliphatic heterocycles. The lowest BCUT2D eigenvalue weighted by Gasteiger charge is -2.52. The first-order valence-corrected chi connectivity index (χ1v) is 12.1. The predicted molar refractivity (Wildman–Crippen MR) is 128 cm³/mol. The van der Waals surface area contributed by atoms with E-state index in [1.165, 1.54) is 18.1 Å². The molecule has 0 spiro atoms. The molecule has 2 aromatic rings. The van der Waals surface area contributed by atoms with Crippen molar-refractivity contribution in [2.75, 3.05) is 0 Å². The van der Waals surface area contributed by atoms with Crippen molar-refractivity contribution < 1.29 is 14.6 Å². The second-order valence-electron chi connectivity index (χ2n) is 10.4. The van der Waals surface area contributed by atoms with Crippen LogP contribution in [0.5, 0.6) is 5.75 Å². The van der Waals surface area contributed by atoms with E-state index in [0.29, 0.717) is 29.1 Å². The first-order valence-electron chi connectivity index (χ1n) is 12.1. The van der Waals surface area contributed by atoms with Crippen LogP contribution in [0.1, 0.15) is 74.1 Å². The van der Waals surface area contributed by atoms with Crippen LogP contribution in [0.3, 0.4) is 0 Å². The number of benzene rings is 2. The van der Waals surface area contributed by atoms with Crippen molar-refractivity contribution in [1.29, 1.82) is 5.26 Å². The summed E-state index contributed by atoms with van der Waals surface area (Å²) in [6.07, 6.45) is 10.1. The van der Waals surface area contributed by atoms with Gasteiger partial charge in [-0.05, 0) is 97.2 Å². The molecule has 0 saturated heterocycles. The second kappa shape index (κ2) is 8.15. The van der Waals surface area contributed by atoms with Gasteiger partial charge in [0.2, 0.25) is 0 Å². The zero-order valence-electron chi connectivity index (χ0n) is 19.4. The van der Waals surface area contributed by atoms with Crippen molar-refractivity contribution in [3.8, 4) is 11.8 Å². The van der Waals surface area contributed by atoms with Crippen molar-refractivity contribution in [3.05, 3.63) is 70.8 Å². The molecule has 3 aliphatic rings. The Balaban J connectivity index is 1.38. The summed E-state index contributed by atoms with van der Waals surface area (Å²) in [6.45, 7) is 3.73. The number of carbonyl (C=O) groups is 1. The van der Waals surface area contributed by atoms with E-state index in [0.717, 1.165) is 44.1 Å². The van der Waals surface area contributed by atoms with Crippen LogP contribution in [0, 0.1) is 28.6 Å². The summed E-state index contributed by atoms with van der Waals surface area (Å²) < 4.78 is 5.31. The van der Waals surface area contributed by atoms with Crippen molar-refractivity contribution in [3.63, 3.8) is 0 Å². The summed E-state index contributed by atoms with van der Waals surface area (Å²) in [5, 5.41) is 20.8. The average Bonchev–Trinajstić information content (AvgIpc) is 3.08. The van der Waals surface area contributed by atoms with Gasteiger partial charge in [0.25, 0.3) is 0 Å². The van der Waals surface area contributed by atoms with E-state index in [1.54, 1.807) is 0 Å². The topological polar surface area (TPSA) is 70.3 Å². The number of rotatable bonds is 3. The monoisotopic (exact) mass is 441 g/mol. The Hall–Kier alpha value is -2.90. The van der Waals surface area contributed by atoms with Gasteiger partial charge in [0.1, 0.15) is 5.75 Å². The van der Waals surface area contributed by atoms with Gasteiger partial charge in [-0.25, -0.2) is 0 Å². The molecule has 0 unspecified atom stereocenters. The van der Waals surface area contributed by atoms with E-state index >= 15 is 0 Å². The van der Waals surface area contributed by atoms with Crippen molar-refractivity contribution in [2.24, 2.45) is 17.3 Å². The third-order valence-corrected chi connectivity index (χ3v) is 8.77. The Bertz CT molecular complexity index is 1140. The fraction of sp³-hybridized carbons (Fsp3) is 0.448. The molecule has 2 aromatic carbocycles. The molecule has 5 rings (SSSR count). The average molecular weight is 442 g/mol. The van der Waals surface area contributed by atoms with Gasteiger partial charge >= 0.3 is 5.97 Å². The molecule has 5 atom stereocenters.